The molecule has 1 N–H and O–H groups in total. The third-order valence-electron chi connectivity index (χ3n) is 1.37. The van der Waals surface area contributed by atoms with Gasteiger partial charge < -0.3 is 5.11 Å². The molecular weight excluding hydrogens is 200 g/mol. The second-order valence-corrected chi connectivity index (χ2v) is 3.66. The van der Waals surface area contributed by atoms with Crippen molar-refractivity contribution in [1.29, 1.82) is 0 Å². The van der Waals surface area contributed by atoms with Crippen molar-refractivity contribution in [3.63, 3.8) is 0 Å². The number of hydrogen-bond acceptors (Lipinski definition) is 4. The molecule has 0 radical (unpaired) electrons. The zero-order valence-corrected chi connectivity index (χ0v) is 8.49. The van der Waals surface area contributed by atoms with Crippen molar-refractivity contribution in [2.75, 3.05) is 5.75 Å². The van der Waals surface area contributed by atoms with Gasteiger partial charge in [0.1, 0.15) is 6.33 Å². The van der Waals surface area contributed by atoms with Crippen LogP contribution in [0.3, 0.4) is 0 Å². The van der Waals surface area contributed by atoms with Crippen LogP contribution in [-0.4, -0.2) is 26.8 Å². The normalized spacial score (nSPS) is 11.4. The molecule has 0 bridgehead atoms. The Hall–Kier alpha value is -1.36. The van der Waals surface area contributed by atoms with Crippen molar-refractivity contribution in [3.8, 4) is 0 Å². The SMILES string of the molecule is CC(=CC(=O)O)CSc1ccncn1. The third-order valence-corrected chi connectivity index (χ3v) is 2.51. The molecule has 1 heterocycles. The summed E-state index contributed by atoms with van der Waals surface area (Å²) < 4.78 is 0. The van der Waals surface area contributed by atoms with Crippen LogP contribution in [-0.2, 0) is 4.79 Å². The first kappa shape index (κ1) is 10.7. The molecule has 0 fully saturated rings. The van der Waals surface area contributed by atoms with Crippen LogP contribution in [0.15, 0.2) is 35.3 Å². The number of aliphatic carboxylic acids is 1. The predicted molar refractivity (Wildman–Crippen MR) is 54.1 cm³/mol. The van der Waals surface area contributed by atoms with Gasteiger partial charge in [-0.2, -0.15) is 0 Å². The molecule has 0 amide bonds. The maximum atomic E-state index is 10.3. The van der Waals surface area contributed by atoms with Crippen molar-refractivity contribution in [3.05, 3.63) is 30.2 Å². The van der Waals surface area contributed by atoms with Gasteiger partial charge in [-0.25, -0.2) is 14.8 Å². The highest BCUT2D eigenvalue weighted by Crippen LogP contribution is 2.16. The van der Waals surface area contributed by atoms with Crippen LogP contribution in [0, 0.1) is 0 Å². The Labute approximate surface area is 86.1 Å². The monoisotopic (exact) mass is 210 g/mol. The van der Waals surface area contributed by atoms with Crippen molar-refractivity contribution in [2.24, 2.45) is 0 Å². The first-order valence-corrected chi connectivity index (χ1v) is 4.96. The van der Waals surface area contributed by atoms with E-state index in [4.69, 9.17) is 5.11 Å². The summed E-state index contributed by atoms with van der Waals surface area (Å²) in [7, 11) is 0. The van der Waals surface area contributed by atoms with Gasteiger partial charge in [0.05, 0.1) is 5.03 Å². The average molecular weight is 210 g/mol. The lowest BCUT2D eigenvalue weighted by Gasteiger charge is -1.99. The van der Waals surface area contributed by atoms with E-state index in [1.54, 1.807) is 19.2 Å². The van der Waals surface area contributed by atoms with Crippen LogP contribution in [0.4, 0.5) is 0 Å². The maximum Gasteiger partial charge on any atom is 0.328 e. The van der Waals surface area contributed by atoms with Gasteiger partial charge in [0, 0.05) is 18.0 Å². The fourth-order valence-electron chi connectivity index (χ4n) is 0.804. The molecule has 1 rings (SSSR count). The van der Waals surface area contributed by atoms with Crippen LogP contribution in [0.25, 0.3) is 0 Å². The van der Waals surface area contributed by atoms with Crippen molar-refractivity contribution < 1.29 is 9.90 Å². The Kier molecular flexibility index (Phi) is 4.12. The average Bonchev–Trinajstić information content (AvgIpc) is 2.15. The minimum absolute atomic E-state index is 0.628. The number of nitrogens with zero attached hydrogens (tertiary/aromatic N) is 2. The van der Waals surface area contributed by atoms with Crippen LogP contribution in [0.1, 0.15) is 6.92 Å². The molecule has 0 spiro atoms. The molecule has 0 aliphatic heterocycles. The van der Waals surface area contributed by atoms with Gasteiger partial charge in [-0.1, -0.05) is 5.57 Å². The van der Waals surface area contributed by atoms with Crippen molar-refractivity contribution >= 4 is 17.7 Å². The summed E-state index contributed by atoms with van der Waals surface area (Å²) in [4.78, 5) is 18.1. The van der Waals surface area contributed by atoms with E-state index >= 15 is 0 Å². The quantitative estimate of drug-likeness (QED) is 0.464. The van der Waals surface area contributed by atoms with E-state index in [1.807, 2.05) is 0 Å². The molecule has 0 unspecified atom stereocenters. The molecular formula is C9H10N2O2S. The number of aromatic nitrogens is 2. The lowest BCUT2D eigenvalue weighted by Crippen LogP contribution is -1.92. The molecule has 74 valence electrons. The van der Waals surface area contributed by atoms with Gasteiger partial charge in [0.15, 0.2) is 0 Å². The smallest absolute Gasteiger partial charge is 0.328 e. The number of rotatable bonds is 4. The molecule has 1 aromatic rings. The summed E-state index contributed by atoms with van der Waals surface area (Å²) >= 11 is 1.49. The zero-order chi connectivity index (χ0) is 10.4. The second kappa shape index (κ2) is 5.39. The van der Waals surface area contributed by atoms with Crippen molar-refractivity contribution in [1.82, 2.24) is 9.97 Å². The Morgan fingerprint density at radius 1 is 1.71 bits per heavy atom. The summed E-state index contributed by atoms with van der Waals surface area (Å²) in [5.74, 6) is -0.283. The van der Waals surface area contributed by atoms with Crippen LogP contribution >= 0.6 is 11.8 Å². The lowest BCUT2D eigenvalue weighted by molar-refractivity contribution is -0.131. The summed E-state index contributed by atoms with van der Waals surface area (Å²) in [5.41, 5.74) is 0.807. The van der Waals surface area contributed by atoms with Gasteiger partial charge in [0.25, 0.3) is 0 Å². The molecule has 0 aliphatic carbocycles. The summed E-state index contributed by atoms with van der Waals surface area (Å²) in [5, 5.41) is 9.32. The highest BCUT2D eigenvalue weighted by atomic mass is 32.2. The maximum absolute atomic E-state index is 10.3. The number of hydrogen-bond donors (Lipinski definition) is 1. The minimum atomic E-state index is -0.911. The number of carboxylic acid groups (broad SMARTS) is 1. The third kappa shape index (κ3) is 4.04. The summed E-state index contributed by atoms with van der Waals surface area (Å²) in [6.45, 7) is 1.78. The van der Waals surface area contributed by atoms with E-state index < -0.39 is 5.97 Å². The molecule has 14 heavy (non-hydrogen) atoms. The van der Waals surface area contributed by atoms with E-state index in [2.05, 4.69) is 9.97 Å². The molecule has 1 aromatic heterocycles. The highest BCUT2D eigenvalue weighted by molar-refractivity contribution is 7.99. The van der Waals surface area contributed by atoms with Crippen LogP contribution < -0.4 is 0 Å². The fraction of sp³-hybridized carbons (Fsp3) is 0.222. The Morgan fingerprint density at radius 3 is 3.07 bits per heavy atom. The van der Waals surface area contributed by atoms with Crippen molar-refractivity contribution in [2.45, 2.75) is 11.9 Å². The zero-order valence-electron chi connectivity index (χ0n) is 7.67. The van der Waals surface area contributed by atoms with Crippen LogP contribution in [0.2, 0.25) is 0 Å². The van der Waals surface area contributed by atoms with Gasteiger partial charge in [-0.05, 0) is 13.0 Å². The van der Waals surface area contributed by atoms with E-state index in [0.717, 1.165) is 10.6 Å². The Morgan fingerprint density at radius 2 is 2.50 bits per heavy atom. The van der Waals surface area contributed by atoms with E-state index in [-0.39, 0.29) is 0 Å². The number of thioether (sulfide) groups is 1. The van der Waals surface area contributed by atoms with Crippen LogP contribution in [0.5, 0.6) is 0 Å². The molecule has 0 atom stereocenters. The lowest BCUT2D eigenvalue weighted by atomic mass is 10.3. The molecule has 4 nitrogen and oxygen atoms in total. The Bertz CT molecular complexity index is 338. The minimum Gasteiger partial charge on any atom is -0.478 e. The van der Waals surface area contributed by atoms with E-state index in [1.165, 1.54) is 24.2 Å². The number of carboxylic acids is 1. The van der Waals surface area contributed by atoms with E-state index in [9.17, 15) is 4.79 Å². The molecule has 5 heteroatoms. The highest BCUT2D eigenvalue weighted by Gasteiger charge is 1.97. The standard InChI is InChI=1S/C9H10N2O2S/c1-7(4-9(12)13)5-14-8-2-3-10-6-11-8/h2-4,6H,5H2,1H3,(H,12,13). The van der Waals surface area contributed by atoms with Gasteiger partial charge in [-0.3, -0.25) is 0 Å². The second-order valence-electron chi connectivity index (χ2n) is 2.67. The first-order chi connectivity index (χ1) is 6.68. The molecule has 0 saturated carbocycles. The number of carbonyl (C=O) groups is 1. The predicted octanol–water partition coefficient (Wildman–Crippen LogP) is 1.60. The van der Waals surface area contributed by atoms with Gasteiger partial charge in [0.2, 0.25) is 0 Å². The summed E-state index contributed by atoms with van der Waals surface area (Å²) in [6.07, 6.45) is 4.33. The van der Waals surface area contributed by atoms with Gasteiger partial charge in [-0.15, -0.1) is 11.8 Å². The summed E-state index contributed by atoms with van der Waals surface area (Å²) in [6, 6.07) is 1.79. The topological polar surface area (TPSA) is 63.1 Å². The first-order valence-electron chi connectivity index (χ1n) is 3.97. The molecule has 0 aromatic carbocycles. The van der Waals surface area contributed by atoms with E-state index in [0.29, 0.717) is 5.75 Å². The molecule has 0 aliphatic rings. The van der Waals surface area contributed by atoms with Gasteiger partial charge >= 0.3 is 5.97 Å². The Balaban J connectivity index is 2.45. The largest absolute Gasteiger partial charge is 0.478 e. The molecule has 0 saturated heterocycles. The fourth-order valence-corrected chi connectivity index (χ4v) is 1.54.